The zero-order valence-electron chi connectivity index (χ0n) is 25.6. The molecular weight excluding hydrogens is 546 g/mol. The van der Waals surface area contributed by atoms with E-state index < -0.39 is 5.41 Å². The Morgan fingerprint density at radius 2 is 1.07 bits per heavy atom. The molecule has 9 rings (SSSR count). The third-order valence-electron chi connectivity index (χ3n) is 10.7. The SMILES string of the molecule is CC1(C)c2ccccc2N(c2ccc3c(c2)C2(c4ccccc4-c4ccccc42)c2c(N)cc(N)cc2CC3)c2ccccc21. The fraction of sp³-hybridized carbons (Fsp3) is 0.143. The van der Waals surface area contributed by atoms with Gasteiger partial charge in [-0.05, 0) is 105 Å². The fourth-order valence-corrected chi connectivity index (χ4v) is 8.82. The van der Waals surface area contributed by atoms with Crippen LogP contribution >= 0.6 is 0 Å². The number of rotatable bonds is 1. The molecular formula is C42H35N3. The summed E-state index contributed by atoms with van der Waals surface area (Å²) in [6.45, 7) is 4.68. The third kappa shape index (κ3) is 3.36. The van der Waals surface area contributed by atoms with Crippen molar-refractivity contribution in [2.75, 3.05) is 16.4 Å². The van der Waals surface area contributed by atoms with Crippen LogP contribution in [0.2, 0.25) is 0 Å². The van der Waals surface area contributed by atoms with Gasteiger partial charge in [0.05, 0.1) is 16.8 Å². The lowest BCUT2D eigenvalue weighted by molar-refractivity contribution is 0.632. The van der Waals surface area contributed by atoms with E-state index in [0.29, 0.717) is 0 Å². The maximum atomic E-state index is 7.08. The number of aryl methyl sites for hydroxylation is 2. The topological polar surface area (TPSA) is 55.3 Å². The predicted molar refractivity (Wildman–Crippen MR) is 187 cm³/mol. The first-order chi connectivity index (χ1) is 21.9. The summed E-state index contributed by atoms with van der Waals surface area (Å²) >= 11 is 0. The molecule has 6 aromatic rings. The van der Waals surface area contributed by atoms with Crippen molar-refractivity contribution in [3.8, 4) is 11.1 Å². The van der Waals surface area contributed by atoms with E-state index in [9.17, 15) is 0 Å². The summed E-state index contributed by atoms with van der Waals surface area (Å²) in [5.41, 5.74) is 30.7. The van der Waals surface area contributed by atoms with Gasteiger partial charge in [0.15, 0.2) is 0 Å². The molecule has 1 spiro atoms. The van der Waals surface area contributed by atoms with Crippen LogP contribution in [-0.2, 0) is 23.7 Å². The molecule has 3 aliphatic rings. The van der Waals surface area contributed by atoms with E-state index in [1.807, 2.05) is 6.07 Å². The van der Waals surface area contributed by atoms with Crippen LogP contribution in [0.15, 0.2) is 127 Å². The Labute approximate surface area is 264 Å². The van der Waals surface area contributed by atoms with Crippen LogP contribution in [0, 0.1) is 0 Å². The van der Waals surface area contributed by atoms with Gasteiger partial charge in [-0.1, -0.05) is 105 Å². The van der Waals surface area contributed by atoms with Crippen molar-refractivity contribution in [1.82, 2.24) is 0 Å². The quantitative estimate of drug-likeness (QED) is 0.190. The van der Waals surface area contributed by atoms with Gasteiger partial charge in [0.2, 0.25) is 0 Å². The third-order valence-corrected chi connectivity index (χ3v) is 10.7. The predicted octanol–water partition coefficient (Wildman–Crippen LogP) is 9.42. The van der Waals surface area contributed by atoms with Crippen molar-refractivity contribution in [3.63, 3.8) is 0 Å². The summed E-state index contributed by atoms with van der Waals surface area (Å²) in [6.07, 6.45) is 1.80. The standard InChI is InChI=1S/C42H35N3/c1-41(2)34-15-7-9-17-38(34)45(39-18-10-8-16-35(39)41)29-22-21-26-19-20-27-23-28(43)24-37(44)40(27)42(36(26)25-29)32-13-5-3-11-30(32)31-12-4-6-14-33(31)42/h3-18,21-25H,19-20,43-44H2,1-2H3. The van der Waals surface area contributed by atoms with Crippen molar-refractivity contribution in [2.45, 2.75) is 37.5 Å². The van der Waals surface area contributed by atoms with Crippen LogP contribution in [-0.4, -0.2) is 0 Å². The summed E-state index contributed by atoms with van der Waals surface area (Å²) in [5.74, 6) is 0. The average molecular weight is 582 g/mol. The molecule has 1 heterocycles. The highest BCUT2D eigenvalue weighted by Gasteiger charge is 2.50. The summed E-state index contributed by atoms with van der Waals surface area (Å²) < 4.78 is 0. The second-order valence-electron chi connectivity index (χ2n) is 13.3. The second-order valence-corrected chi connectivity index (χ2v) is 13.3. The number of fused-ring (bicyclic) bond motifs is 11. The van der Waals surface area contributed by atoms with Gasteiger partial charge < -0.3 is 16.4 Å². The molecule has 0 unspecified atom stereocenters. The molecule has 3 nitrogen and oxygen atoms in total. The van der Waals surface area contributed by atoms with E-state index >= 15 is 0 Å². The van der Waals surface area contributed by atoms with Crippen LogP contribution < -0.4 is 16.4 Å². The lowest BCUT2D eigenvalue weighted by Crippen LogP contribution is -2.32. The Morgan fingerprint density at radius 3 is 1.69 bits per heavy atom. The van der Waals surface area contributed by atoms with Crippen molar-refractivity contribution in [1.29, 1.82) is 0 Å². The molecule has 4 N–H and O–H groups in total. The van der Waals surface area contributed by atoms with Gasteiger partial charge >= 0.3 is 0 Å². The van der Waals surface area contributed by atoms with Gasteiger partial charge in [-0.25, -0.2) is 0 Å². The highest BCUT2D eigenvalue weighted by molar-refractivity contribution is 5.91. The van der Waals surface area contributed by atoms with E-state index in [0.717, 1.165) is 29.9 Å². The van der Waals surface area contributed by atoms with E-state index in [-0.39, 0.29) is 5.41 Å². The van der Waals surface area contributed by atoms with Crippen LogP contribution in [0.4, 0.5) is 28.4 Å². The van der Waals surface area contributed by atoms with Gasteiger partial charge in [0.25, 0.3) is 0 Å². The first kappa shape index (κ1) is 26.2. The minimum atomic E-state index is -0.573. The number of hydrogen-bond acceptors (Lipinski definition) is 3. The molecule has 2 aliphatic carbocycles. The molecule has 3 heteroatoms. The molecule has 45 heavy (non-hydrogen) atoms. The Morgan fingerprint density at radius 1 is 0.533 bits per heavy atom. The summed E-state index contributed by atoms with van der Waals surface area (Å²) in [6, 6.07) is 46.8. The Kier molecular flexibility index (Phi) is 5.30. The number of anilines is 5. The van der Waals surface area contributed by atoms with Crippen LogP contribution in [0.1, 0.15) is 58.4 Å². The minimum Gasteiger partial charge on any atom is -0.399 e. The number of nitrogens with zero attached hydrogens (tertiary/aromatic N) is 1. The van der Waals surface area contributed by atoms with Gasteiger partial charge in [-0.3, -0.25) is 0 Å². The molecule has 0 bridgehead atoms. The van der Waals surface area contributed by atoms with Crippen molar-refractivity contribution < 1.29 is 0 Å². The number of para-hydroxylation sites is 2. The van der Waals surface area contributed by atoms with Crippen molar-refractivity contribution >= 4 is 28.4 Å². The summed E-state index contributed by atoms with van der Waals surface area (Å²) in [4.78, 5) is 2.47. The molecule has 6 aromatic carbocycles. The van der Waals surface area contributed by atoms with E-state index in [1.54, 1.807) is 0 Å². The highest BCUT2D eigenvalue weighted by Crippen LogP contribution is 2.61. The first-order valence-corrected chi connectivity index (χ1v) is 15.9. The molecule has 0 radical (unpaired) electrons. The summed E-state index contributed by atoms with van der Waals surface area (Å²) in [5, 5.41) is 0. The molecule has 1 aliphatic heterocycles. The zero-order valence-corrected chi connectivity index (χ0v) is 25.6. The van der Waals surface area contributed by atoms with E-state index in [1.165, 1.54) is 67.0 Å². The smallest absolute Gasteiger partial charge is 0.0739 e. The monoisotopic (exact) mass is 581 g/mol. The van der Waals surface area contributed by atoms with Crippen molar-refractivity contribution in [2.24, 2.45) is 0 Å². The second kappa shape index (κ2) is 9.12. The number of hydrogen-bond donors (Lipinski definition) is 2. The number of nitrogen functional groups attached to an aromatic ring is 2. The van der Waals surface area contributed by atoms with Gasteiger partial charge in [-0.15, -0.1) is 0 Å². The lowest BCUT2D eigenvalue weighted by Gasteiger charge is -2.42. The molecule has 0 aromatic heterocycles. The van der Waals surface area contributed by atoms with Gasteiger partial charge in [0, 0.05) is 22.5 Å². The van der Waals surface area contributed by atoms with Gasteiger partial charge in [0.1, 0.15) is 0 Å². The Bertz CT molecular complexity index is 2090. The molecule has 218 valence electrons. The minimum absolute atomic E-state index is 0.118. The zero-order chi connectivity index (χ0) is 30.5. The van der Waals surface area contributed by atoms with E-state index in [4.69, 9.17) is 11.5 Å². The largest absolute Gasteiger partial charge is 0.399 e. The maximum Gasteiger partial charge on any atom is 0.0739 e. The molecule has 0 saturated carbocycles. The molecule has 0 atom stereocenters. The number of benzene rings is 6. The fourth-order valence-electron chi connectivity index (χ4n) is 8.82. The van der Waals surface area contributed by atoms with Crippen LogP contribution in [0.3, 0.4) is 0 Å². The molecule has 0 saturated heterocycles. The number of nitrogens with two attached hydrogens (primary N) is 2. The van der Waals surface area contributed by atoms with Gasteiger partial charge in [-0.2, -0.15) is 0 Å². The van der Waals surface area contributed by atoms with Crippen molar-refractivity contribution in [3.05, 3.63) is 172 Å². The Balaban J connectivity index is 1.40. The van der Waals surface area contributed by atoms with E-state index in [2.05, 4.69) is 140 Å². The Hall–Kier alpha value is -5.28. The lowest BCUT2D eigenvalue weighted by atomic mass is 9.65. The maximum absolute atomic E-state index is 7.08. The molecule has 0 amide bonds. The molecule has 0 fully saturated rings. The average Bonchev–Trinajstić information content (AvgIpc) is 3.25. The van der Waals surface area contributed by atoms with Crippen LogP contribution in [0.5, 0.6) is 0 Å². The summed E-state index contributed by atoms with van der Waals surface area (Å²) in [7, 11) is 0. The van der Waals surface area contributed by atoms with Crippen LogP contribution in [0.25, 0.3) is 11.1 Å². The highest BCUT2D eigenvalue weighted by atomic mass is 15.2. The first-order valence-electron chi connectivity index (χ1n) is 15.9. The normalized spacial score (nSPS) is 16.1.